The van der Waals surface area contributed by atoms with Crippen LogP contribution in [0.4, 0.5) is 10.2 Å². The molecule has 0 saturated heterocycles. The number of halogens is 2. The Labute approximate surface area is 131 Å². The SMILES string of the molecule is CCCNc1ncnc(Oc2cc(Br)ccc2F)c1CC. The van der Waals surface area contributed by atoms with Gasteiger partial charge in [-0.2, -0.15) is 0 Å². The second kappa shape index (κ2) is 7.36. The summed E-state index contributed by atoms with van der Waals surface area (Å²) in [7, 11) is 0. The van der Waals surface area contributed by atoms with Gasteiger partial charge in [-0.05, 0) is 31.0 Å². The predicted molar refractivity (Wildman–Crippen MR) is 84.4 cm³/mol. The smallest absolute Gasteiger partial charge is 0.227 e. The van der Waals surface area contributed by atoms with Gasteiger partial charge in [0, 0.05) is 11.0 Å². The quantitative estimate of drug-likeness (QED) is 0.827. The standard InChI is InChI=1S/C15H17BrFN3O/c1-3-7-18-14-11(4-2)15(20-9-19-14)21-13-8-10(16)5-6-12(13)17/h5-6,8-9H,3-4,7H2,1-2H3,(H,18,19,20). The van der Waals surface area contributed by atoms with Crippen molar-refractivity contribution < 1.29 is 9.13 Å². The number of benzene rings is 1. The Hall–Kier alpha value is -1.69. The van der Waals surface area contributed by atoms with Gasteiger partial charge in [0.2, 0.25) is 5.88 Å². The molecule has 1 aromatic carbocycles. The summed E-state index contributed by atoms with van der Waals surface area (Å²) in [5.41, 5.74) is 0.838. The highest BCUT2D eigenvalue weighted by Crippen LogP contribution is 2.30. The first-order chi connectivity index (χ1) is 10.2. The number of rotatable bonds is 6. The van der Waals surface area contributed by atoms with Crippen molar-refractivity contribution in [1.29, 1.82) is 0 Å². The molecule has 0 atom stereocenters. The van der Waals surface area contributed by atoms with Crippen LogP contribution in [0.3, 0.4) is 0 Å². The maximum atomic E-state index is 13.8. The molecule has 1 N–H and O–H groups in total. The van der Waals surface area contributed by atoms with Crippen molar-refractivity contribution in [3.63, 3.8) is 0 Å². The van der Waals surface area contributed by atoms with Crippen molar-refractivity contribution in [3.05, 3.63) is 40.4 Å². The van der Waals surface area contributed by atoms with Crippen molar-refractivity contribution in [1.82, 2.24) is 9.97 Å². The maximum absolute atomic E-state index is 13.8. The van der Waals surface area contributed by atoms with Crippen molar-refractivity contribution in [2.24, 2.45) is 0 Å². The second-order valence-electron chi connectivity index (χ2n) is 4.46. The Balaban J connectivity index is 2.33. The summed E-state index contributed by atoms with van der Waals surface area (Å²) in [5.74, 6) is 0.823. The molecule has 0 unspecified atom stereocenters. The number of hydrogen-bond acceptors (Lipinski definition) is 4. The fraction of sp³-hybridized carbons (Fsp3) is 0.333. The molecule has 4 nitrogen and oxygen atoms in total. The third-order valence-electron chi connectivity index (χ3n) is 2.90. The van der Waals surface area contributed by atoms with E-state index in [1.807, 2.05) is 6.92 Å². The van der Waals surface area contributed by atoms with Crippen LogP contribution in [0.25, 0.3) is 0 Å². The summed E-state index contributed by atoms with van der Waals surface area (Å²) in [6, 6.07) is 4.55. The van der Waals surface area contributed by atoms with E-state index >= 15 is 0 Å². The summed E-state index contributed by atoms with van der Waals surface area (Å²) in [5, 5.41) is 3.23. The zero-order valence-corrected chi connectivity index (χ0v) is 13.6. The van der Waals surface area contributed by atoms with Crippen LogP contribution in [0.5, 0.6) is 11.6 Å². The van der Waals surface area contributed by atoms with Gasteiger partial charge in [0.05, 0.1) is 5.56 Å². The molecule has 1 aromatic heterocycles. The predicted octanol–water partition coefficient (Wildman–Crippen LogP) is 4.55. The fourth-order valence-electron chi connectivity index (χ4n) is 1.86. The van der Waals surface area contributed by atoms with Crippen LogP contribution in [0.1, 0.15) is 25.8 Å². The van der Waals surface area contributed by atoms with Crippen molar-refractivity contribution in [2.45, 2.75) is 26.7 Å². The molecule has 2 aromatic rings. The minimum absolute atomic E-state index is 0.138. The van der Waals surface area contributed by atoms with Crippen LogP contribution < -0.4 is 10.1 Å². The third-order valence-corrected chi connectivity index (χ3v) is 3.39. The molecule has 112 valence electrons. The zero-order chi connectivity index (χ0) is 15.2. The van der Waals surface area contributed by atoms with Gasteiger partial charge in [-0.1, -0.05) is 29.8 Å². The molecule has 0 bridgehead atoms. The number of nitrogens with one attached hydrogen (secondary N) is 1. The van der Waals surface area contributed by atoms with E-state index in [9.17, 15) is 4.39 Å². The summed E-state index contributed by atoms with van der Waals surface area (Å²) in [6.07, 6.45) is 3.10. The second-order valence-corrected chi connectivity index (χ2v) is 5.38. The van der Waals surface area contributed by atoms with Gasteiger partial charge in [-0.15, -0.1) is 0 Å². The van der Waals surface area contributed by atoms with Gasteiger partial charge in [0.25, 0.3) is 0 Å². The van der Waals surface area contributed by atoms with Crippen LogP contribution in [-0.4, -0.2) is 16.5 Å². The lowest BCUT2D eigenvalue weighted by molar-refractivity contribution is 0.421. The van der Waals surface area contributed by atoms with Gasteiger partial charge >= 0.3 is 0 Å². The Bertz CT molecular complexity index is 622. The Morgan fingerprint density at radius 3 is 2.81 bits per heavy atom. The van der Waals surface area contributed by atoms with Crippen LogP contribution in [0, 0.1) is 5.82 Å². The summed E-state index contributed by atoms with van der Waals surface area (Å²) < 4.78 is 20.2. The normalized spacial score (nSPS) is 10.5. The van der Waals surface area contributed by atoms with Crippen LogP contribution in [0.2, 0.25) is 0 Å². The van der Waals surface area contributed by atoms with Crippen molar-refractivity contribution in [2.75, 3.05) is 11.9 Å². The van der Waals surface area contributed by atoms with Crippen molar-refractivity contribution >= 4 is 21.7 Å². The number of ether oxygens (including phenoxy) is 1. The largest absolute Gasteiger partial charge is 0.435 e. The average Bonchev–Trinajstić information content (AvgIpc) is 2.49. The molecule has 0 fully saturated rings. The van der Waals surface area contributed by atoms with Crippen LogP contribution >= 0.6 is 15.9 Å². The van der Waals surface area contributed by atoms with E-state index in [1.54, 1.807) is 12.1 Å². The minimum atomic E-state index is -0.429. The van der Waals surface area contributed by atoms with E-state index in [-0.39, 0.29) is 5.75 Å². The first-order valence-corrected chi connectivity index (χ1v) is 7.65. The summed E-state index contributed by atoms with van der Waals surface area (Å²) in [4.78, 5) is 8.35. The van der Waals surface area contributed by atoms with E-state index in [2.05, 4.69) is 38.1 Å². The molecule has 0 amide bonds. The molecule has 21 heavy (non-hydrogen) atoms. The highest BCUT2D eigenvalue weighted by atomic mass is 79.9. The first-order valence-electron chi connectivity index (χ1n) is 6.86. The minimum Gasteiger partial charge on any atom is -0.435 e. The first kappa shape index (κ1) is 15.7. The Morgan fingerprint density at radius 2 is 2.10 bits per heavy atom. The van der Waals surface area contributed by atoms with E-state index in [0.717, 1.165) is 28.8 Å². The number of nitrogens with zero attached hydrogens (tertiary/aromatic N) is 2. The number of aromatic nitrogens is 2. The lowest BCUT2D eigenvalue weighted by Gasteiger charge is -2.13. The fourth-order valence-corrected chi connectivity index (χ4v) is 2.20. The molecule has 0 spiro atoms. The molecule has 0 aliphatic rings. The Morgan fingerprint density at radius 1 is 1.29 bits per heavy atom. The Kier molecular flexibility index (Phi) is 5.50. The zero-order valence-electron chi connectivity index (χ0n) is 12.0. The lowest BCUT2D eigenvalue weighted by atomic mass is 10.2. The van der Waals surface area contributed by atoms with E-state index in [0.29, 0.717) is 12.3 Å². The maximum Gasteiger partial charge on any atom is 0.227 e. The molecule has 6 heteroatoms. The van der Waals surface area contributed by atoms with Gasteiger partial charge in [-0.3, -0.25) is 0 Å². The topological polar surface area (TPSA) is 47.0 Å². The molecule has 0 aliphatic carbocycles. The van der Waals surface area contributed by atoms with Gasteiger partial charge in [-0.25, -0.2) is 14.4 Å². The highest BCUT2D eigenvalue weighted by Gasteiger charge is 2.13. The van der Waals surface area contributed by atoms with Crippen LogP contribution in [0.15, 0.2) is 29.0 Å². The van der Waals surface area contributed by atoms with Gasteiger partial charge in [0.1, 0.15) is 12.1 Å². The molecule has 0 radical (unpaired) electrons. The highest BCUT2D eigenvalue weighted by molar-refractivity contribution is 9.10. The van der Waals surface area contributed by atoms with Gasteiger partial charge in [0.15, 0.2) is 11.6 Å². The van der Waals surface area contributed by atoms with Crippen molar-refractivity contribution in [3.8, 4) is 11.6 Å². The molecule has 2 rings (SSSR count). The van der Waals surface area contributed by atoms with Crippen LogP contribution in [-0.2, 0) is 6.42 Å². The monoisotopic (exact) mass is 353 g/mol. The number of anilines is 1. The molecular weight excluding hydrogens is 337 g/mol. The summed E-state index contributed by atoms with van der Waals surface area (Å²) in [6.45, 7) is 4.88. The van der Waals surface area contributed by atoms with E-state index in [4.69, 9.17) is 4.74 Å². The lowest BCUT2D eigenvalue weighted by Crippen LogP contribution is -2.07. The summed E-state index contributed by atoms with van der Waals surface area (Å²) >= 11 is 3.30. The molecule has 1 heterocycles. The van der Waals surface area contributed by atoms with E-state index in [1.165, 1.54) is 12.4 Å². The molecular formula is C15H17BrFN3O. The van der Waals surface area contributed by atoms with E-state index < -0.39 is 5.82 Å². The molecule has 0 saturated carbocycles. The number of hydrogen-bond donors (Lipinski definition) is 1. The average molecular weight is 354 g/mol. The van der Waals surface area contributed by atoms with Gasteiger partial charge < -0.3 is 10.1 Å². The third kappa shape index (κ3) is 3.91. The molecule has 0 aliphatic heterocycles.